The molecule has 2 heterocycles. The quantitative estimate of drug-likeness (QED) is 0.717. The van der Waals surface area contributed by atoms with Crippen molar-refractivity contribution in [3.63, 3.8) is 0 Å². The zero-order chi connectivity index (χ0) is 20.2. The zero-order valence-corrected chi connectivity index (χ0v) is 16.4. The maximum absolute atomic E-state index is 13.0. The molecule has 0 aliphatic carbocycles. The first kappa shape index (κ1) is 19.2. The second-order valence-electron chi connectivity index (χ2n) is 7.24. The summed E-state index contributed by atoms with van der Waals surface area (Å²) < 4.78 is 11.2. The third kappa shape index (κ3) is 4.32. The minimum Gasteiger partial charge on any atom is -0.449 e. The van der Waals surface area contributed by atoms with Gasteiger partial charge in [0.15, 0.2) is 0 Å². The Balaban J connectivity index is 1.55. The number of rotatable bonds is 5. The molecule has 0 spiro atoms. The van der Waals surface area contributed by atoms with Crippen LogP contribution in [-0.4, -0.2) is 43.0 Å². The van der Waals surface area contributed by atoms with E-state index in [2.05, 4.69) is 11.4 Å². The Kier molecular flexibility index (Phi) is 5.62. The van der Waals surface area contributed by atoms with Gasteiger partial charge in [0.25, 0.3) is 5.91 Å². The lowest BCUT2D eigenvalue weighted by molar-refractivity contribution is -0.116. The zero-order valence-electron chi connectivity index (χ0n) is 16.4. The van der Waals surface area contributed by atoms with E-state index >= 15 is 0 Å². The first-order valence-electron chi connectivity index (χ1n) is 9.86. The molecule has 1 aliphatic heterocycles. The van der Waals surface area contributed by atoms with Gasteiger partial charge in [-0.3, -0.25) is 9.59 Å². The number of benzene rings is 2. The first-order valence-corrected chi connectivity index (χ1v) is 9.86. The van der Waals surface area contributed by atoms with Crippen LogP contribution in [0.1, 0.15) is 28.1 Å². The highest BCUT2D eigenvalue weighted by atomic mass is 16.5. The lowest BCUT2D eigenvalue weighted by atomic mass is 10.1. The SMILES string of the molecule is Cc1cccc(CCC(=O)Nc2c(C(=O)N3CCOCC3)oc3ccccc23)c1. The van der Waals surface area contributed by atoms with E-state index in [0.29, 0.717) is 50.4 Å². The monoisotopic (exact) mass is 392 g/mol. The Morgan fingerprint density at radius 2 is 1.86 bits per heavy atom. The summed E-state index contributed by atoms with van der Waals surface area (Å²) in [6.07, 6.45) is 0.962. The normalized spacial score (nSPS) is 14.2. The molecule has 0 radical (unpaired) electrons. The van der Waals surface area contributed by atoms with Gasteiger partial charge in [0.1, 0.15) is 11.3 Å². The van der Waals surface area contributed by atoms with Crippen LogP contribution in [0.4, 0.5) is 5.69 Å². The molecule has 0 bridgehead atoms. The fourth-order valence-electron chi connectivity index (χ4n) is 3.56. The van der Waals surface area contributed by atoms with E-state index in [9.17, 15) is 9.59 Å². The fraction of sp³-hybridized carbons (Fsp3) is 0.304. The van der Waals surface area contributed by atoms with Crippen LogP contribution in [0.15, 0.2) is 52.9 Å². The highest BCUT2D eigenvalue weighted by molar-refractivity contribution is 6.10. The van der Waals surface area contributed by atoms with Crippen LogP contribution in [0.2, 0.25) is 0 Å². The van der Waals surface area contributed by atoms with Crippen LogP contribution >= 0.6 is 0 Å². The van der Waals surface area contributed by atoms with Crippen molar-refractivity contribution in [1.82, 2.24) is 4.90 Å². The average molecular weight is 392 g/mol. The van der Waals surface area contributed by atoms with E-state index in [1.165, 1.54) is 5.56 Å². The smallest absolute Gasteiger partial charge is 0.291 e. The van der Waals surface area contributed by atoms with Gasteiger partial charge in [0, 0.05) is 24.9 Å². The van der Waals surface area contributed by atoms with Crippen LogP contribution in [0.3, 0.4) is 0 Å². The number of morpholine rings is 1. The van der Waals surface area contributed by atoms with Gasteiger partial charge in [0.05, 0.1) is 13.2 Å². The van der Waals surface area contributed by atoms with Crippen molar-refractivity contribution in [2.75, 3.05) is 31.6 Å². The molecule has 0 unspecified atom stereocenters. The summed E-state index contributed by atoms with van der Waals surface area (Å²) in [7, 11) is 0. The fourth-order valence-corrected chi connectivity index (χ4v) is 3.56. The topological polar surface area (TPSA) is 71.8 Å². The molecule has 150 valence electrons. The molecule has 1 aromatic heterocycles. The summed E-state index contributed by atoms with van der Waals surface area (Å²) in [4.78, 5) is 27.4. The number of ether oxygens (including phenoxy) is 1. The van der Waals surface area contributed by atoms with Crippen LogP contribution in [-0.2, 0) is 16.0 Å². The summed E-state index contributed by atoms with van der Waals surface area (Å²) in [5.41, 5.74) is 3.31. The number of carbonyl (C=O) groups is 2. The predicted molar refractivity (Wildman–Crippen MR) is 111 cm³/mol. The number of hydrogen-bond acceptors (Lipinski definition) is 4. The van der Waals surface area contributed by atoms with Gasteiger partial charge in [-0.1, -0.05) is 42.0 Å². The summed E-state index contributed by atoms with van der Waals surface area (Å²) in [5, 5.41) is 3.66. The molecule has 2 aromatic carbocycles. The van der Waals surface area contributed by atoms with E-state index in [4.69, 9.17) is 9.15 Å². The maximum atomic E-state index is 13.0. The average Bonchev–Trinajstić information content (AvgIpc) is 3.11. The Hall–Kier alpha value is -3.12. The summed E-state index contributed by atoms with van der Waals surface area (Å²) >= 11 is 0. The van der Waals surface area contributed by atoms with Crippen molar-refractivity contribution >= 4 is 28.5 Å². The number of fused-ring (bicyclic) bond motifs is 1. The van der Waals surface area contributed by atoms with E-state index in [0.717, 1.165) is 10.9 Å². The Labute approximate surface area is 169 Å². The predicted octanol–water partition coefficient (Wildman–Crippen LogP) is 3.78. The molecule has 1 saturated heterocycles. The van der Waals surface area contributed by atoms with Gasteiger partial charge in [-0.25, -0.2) is 0 Å². The Bertz CT molecular complexity index is 1030. The van der Waals surface area contributed by atoms with E-state index < -0.39 is 0 Å². The van der Waals surface area contributed by atoms with Crippen molar-refractivity contribution in [3.05, 3.63) is 65.4 Å². The van der Waals surface area contributed by atoms with E-state index in [1.54, 1.807) is 11.0 Å². The van der Waals surface area contributed by atoms with Crippen molar-refractivity contribution in [1.29, 1.82) is 0 Å². The third-order valence-electron chi connectivity index (χ3n) is 5.08. The standard InChI is InChI=1S/C23H24N2O4/c1-16-5-4-6-17(15-16)9-10-20(26)24-21-18-7-2-3-8-19(18)29-22(21)23(27)25-11-13-28-14-12-25/h2-8,15H,9-14H2,1H3,(H,24,26). The number of anilines is 1. The van der Waals surface area contributed by atoms with Gasteiger partial charge in [-0.2, -0.15) is 0 Å². The number of aryl methyl sites for hydroxylation is 2. The van der Waals surface area contributed by atoms with Crippen LogP contribution in [0.5, 0.6) is 0 Å². The number of furan rings is 1. The number of carbonyl (C=O) groups excluding carboxylic acids is 2. The van der Waals surface area contributed by atoms with Crippen molar-refractivity contribution in [2.24, 2.45) is 0 Å². The molecular weight excluding hydrogens is 368 g/mol. The first-order chi connectivity index (χ1) is 14.1. The van der Waals surface area contributed by atoms with Crippen molar-refractivity contribution < 1.29 is 18.7 Å². The van der Waals surface area contributed by atoms with Gasteiger partial charge in [-0.05, 0) is 31.0 Å². The summed E-state index contributed by atoms with van der Waals surface area (Å²) in [6.45, 7) is 4.06. The van der Waals surface area contributed by atoms with Crippen LogP contribution in [0, 0.1) is 6.92 Å². The Morgan fingerprint density at radius 3 is 2.66 bits per heavy atom. The lowest BCUT2D eigenvalue weighted by Gasteiger charge is -2.26. The number of amides is 2. The van der Waals surface area contributed by atoms with Gasteiger partial charge < -0.3 is 19.4 Å². The molecule has 4 rings (SSSR count). The van der Waals surface area contributed by atoms with Gasteiger partial charge in [0.2, 0.25) is 11.7 Å². The maximum Gasteiger partial charge on any atom is 0.291 e. The molecule has 2 amide bonds. The minimum atomic E-state index is -0.224. The largest absolute Gasteiger partial charge is 0.449 e. The molecule has 1 fully saturated rings. The van der Waals surface area contributed by atoms with Crippen LogP contribution in [0.25, 0.3) is 11.0 Å². The highest BCUT2D eigenvalue weighted by Crippen LogP contribution is 2.32. The second-order valence-corrected chi connectivity index (χ2v) is 7.24. The molecule has 29 heavy (non-hydrogen) atoms. The number of nitrogens with one attached hydrogen (secondary N) is 1. The molecule has 0 atom stereocenters. The molecule has 1 aliphatic rings. The molecular formula is C23H24N2O4. The Morgan fingerprint density at radius 1 is 1.07 bits per heavy atom. The molecule has 0 saturated carbocycles. The van der Waals surface area contributed by atoms with Gasteiger partial charge in [-0.15, -0.1) is 0 Å². The third-order valence-corrected chi connectivity index (χ3v) is 5.08. The number of para-hydroxylation sites is 1. The molecule has 6 nitrogen and oxygen atoms in total. The molecule has 6 heteroatoms. The van der Waals surface area contributed by atoms with Crippen molar-refractivity contribution in [2.45, 2.75) is 19.8 Å². The van der Waals surface area contributed by atoms with Crippen LogP contribution < -0.4 is 5.32 Å². The van der Waals surface area contributed by atoms with E-state index in [-0.39, 0.29) is 17.6 Å². The number of hydrogen-bond donors (Lipinski definition) is 1. The van der Waals surface area contributed by atoms with Gasteiger partial charge >= 0.3 is 0 Å². The molecule has 3 aromatic rings. The lowest BCUT2D eigenvalue weighted by Crippen LogP contribution is -2.40. The second kappa shape index (κ2) is 8.49. The molecule has 1 N–H and O–H groups in total. The minimum absolute atomic E-state index is 0.144. The summed E-state index contributed by atoms with van der Waals surface area (Å²) in [6, 6.07) is 15.5. The highest BCUT2D eigenvalue weighted by Gasteiger charge is 2.27. The van der Waals surface area contributed by atoms with Crippen molar-refractivity contribution in [3.8, 4) is 0 Å². The summed E-state index contributed by atoms with van der Waals surface area (Å²) in [5.74, 6) is -0.190. The number of nitrogens with zero attached hydrogens (tertiary/aromatic N) is 1. The van der Waals surface area contributed by atoms with E-state index in [1.807, 2.05) is 43.3 Å².